The fraction of sp³-hybridized carbons (Fsp3) is 0.300. The third-order valence-corrected chi connectivity index (χ3v) is 4.36. The predicted octanol–water partition coefficient (Wildman–Crippen LogP) is 4.13. The Balaban J connectivity index is 1.65. The van der Waals surface area contributed by atoms with E-state index in [4.69, 9.17) is 9.47 Å². The van der Waals surface area contributed by atoms with Crippen LogP contribution in [0, 0.1) is 5.82 Å². The van der Waals surface area contributed by atoms with E-state index in [9.17, 15) is 4.39 Å². The van der Waals surface area contributed by atoms with Crippen LogP contribution in [0.3, 0.4) is 0 Å². The van der Waals surface area contributed by atoms with Gasteiger partial charge in [0, 0.05) is 19.6 Å². The number of ether oxygens (including phenoxy) is 2. The van der Waals surface area contributed by atoms with Crippen molar-refractivity contribution >= 4 is 5.57 Å². The Morgan fingerprint density at radius 1 is 1.00 bits per heavy atom. The molecule has 0 unspecified atom stereocenters. The average Bonchev–Trinajstić information content (AvgIpc) is 2.63. The number of hydrogen-bond acceptors (Lipinski definition) is 3. The lowest BCUT2D eigenvalue weighted by Gasteiger charge is -2.26. The van der Waals surface area contributed by atoms with Crippen molar-refractivity contribution in [2.75, 3.05) is 27.3 Å². The number of methoxy groups -OCH3 is 2. The molecule has 2 aromatic rings. The molecule has 3 nitrogen and oxygen atoms in total. The maximum Gasteiger partial charge on any atom is 0.161 e. The first-order valence-electron chi connectivity index (χ1n) is 8.08. The van der Waals surface area contributed by atoms with Crippen molar-refractivity contribution in [1.82, 2.24) is 4.90 Å². The predicted molar refractivity (Wildman–Crippen MR) is 93.8 cm³/mol. The van der Waals surface area contributed by atoms with Gasteiger partial charge in [0.05, 0.1) is 14.2 Å². The molecule has 0 spiro atoms. The van der Waals surface area contributed by atoms with Crippen LogP contribution < -0.4 is 9.47 Å². The van der Waals surface area contributed by atoms with Gasteiger partial charge in [0.1, 0.15) is 5.82 Å². The molecule has 4 heteroatoms. The van der Waals surface area contributed by atoms with Gasteiger partial charge in [0.2, 0.25) is 0 Å². The van der Waals surface area contributed by atoms with Gasteiger partial charge in [-0.2, -0.15) is 0 Å². The van der Waals surface area contributed by atoms with Crippen LogP contribution in [0.15, 0.2) is 48.5 Å². The molecule has 0 bridgehead atoms. The van der Waals surface area contributed by atoms with Crippen LogP contribution in [-0.2, 0) is 6.54 Å². The monoisotopic (exact) mass is 327 g/mol. The summed E-state index contributed by atoms with van der Waals surface area (Å²) in [5.74, 6) is 1.32. The molecule has 0 saturated heterocycles. The molecule has 0 saturated carbocycles. The largest absolute Gasteiger partial charge is 0.493 e. The molecule has 0 atom stereocenters. The number of nitrogens with zero attached hydrogens (tertiary/aromatic N) is 1. The summed E-state index contributed by atoms with van der Waals surface area (Å²) < 4.78 is 23.7. The Morgan fingerprint density at radius 3 is 2.38 bits per heavy atom. The lowest BCUT2D eigenvalue weighted by Crippen LogP contribution is -2.28. The highest BCUT2D eigenvalue weighted by molar-refractivity contribution is 5.66. The van der Waals surface area contributed by atoms with E-state index in [-0.39, 0.29) is 5.82 Å². The Kier molecular flexibility index (Phi) is 5.16. The van der Waals surface area contributed by atoms with E-state index in [2.05, 4.69) is 17.0 Å². The fourth-order valence-electron chi connectivity index (χ4n) is 3.02. The summed E-state index contributed by atoms with van der Waals surface area (Å²) in [6.07, 6.45) is 3.20. The average molecular weight is 327 g/mol. The van der Waals surface area contributed by atoms with Crippen LogP contribution in [-0.4, -0.2) is 32.2 Å². The SMILES string of the molecule is COc1ccc(CN2CC=C(c3ccc(F)cc3)CC2)cc1OC. The third-order valence-electron chi connectivity index (χ3n) is 4.36. The highest BCUT2D eigenvalue weighted by Crippen LogP contribution is 2.29. The third kappa shape index (κ3) is 3.77. The van der Waals surface area contributed by atoms with Gasteiger partial charge in [-0.05, 0) is 47.4 Å². The van der Waals surface area contributed by atoms with Gasteiger partial charge in [-0.3, -0.25) is 4.90 Å². The van der Waals surface area contributed by atoms with E-state index in [1.807, 2.05) is 24.3 Å². The molecule has 1 heterocycles. The molecule has 0 aromatic heterocycles. The van der Waals surface area contributed by atoms with Crippen molar-refractivity contribution in [3.63, 3.8) is 0 Å². The molecule has 24 heavy (non-hydrogen) atoms. The number of hydrogen-bond donors (Lipinski definition) is 0. The minimum absolute atomic E-state index is 0.190. The van der Waals surface area contributed by atoms with Crippen molar-refractivity contribution in [3.8, 4) is 11.5 Å². The second-order valence-corrected chi connectivity index (χ2v) is 5.91. The second kappa shape index (κ2) is 7.49. The Hall–Kier alpha value is -2.33. The molecule has 3 rings (SSSR count). The van der Waals surface area contributed by atoms with Gasteiger partial charge >= 0.3 is 0 Å². The molecule has 0 radical (unpaired) electrons. The molecule has 126 valence electrons. The minimum atomic E-state index is -0.190. The van der Waals surface area contributed by atoms with Crippen molar-refractivity contribution in [2.45, 2.75) is 13.0 Å². The summed E-state index contributed by atoms with van der Waals surface area (Å²) in [6, 6.07) is 12.8. The summed E-state index contributed by atoms with van der Waals surface area (Å²) >= 11 is 0. The first-order valence-corrected chi connectivity index (χ1v) is 8.08. The number of benzene rings is 2. The topological polar surface area (TPSA) is 21.7 Å². The summed E-state index contributed by atoms with van der Waals surface area (Å²) in [4.78, 5) is 2.38. The summed E-state index contributed by atoms with van der Waals surface area (Å²) in [5, 5.41) is 0. The lowest BCUT2D eigenvalue weighted by molar-refractivity contribution is 0.292. The summed E-state index contributed by atoms with van der Waals surface area (Å²) in [5.41, 5.74) is 3.60. The summed E-state index contributed by atoms with van der Waals surface area (Å²) in [7, 11) is 3.30. The quantitative estimate of drug-likeness (QED) is 0.824. The standard InChI is InChI=1S/C20H22FNO2/c1-23-19-8-3-15(13-20(19)24-2)14-22-11-9-17(10-12-22)16-4-6-18(21)7-5-16/h3-9,13H,10-12,14H2,1-2H3. The van der Waals surface area contributed by atoms with E-state index in [1.54, 1.807) is 14.2 Å². The molecule has 1 aliphatic rings. The van der Waals surface area contributed by atoms with Gasteiger partial charge in [-0.25, -0.2) is 4.39 Å². The van der Waals surface area contributed by atoms with Crippen molar-refractivity contribution in [2.24, 2.45) is 0 Å². The van der Waals surface area contributed by atoms with Crippen LogP contribution in [0.4, 0.5) is 4.39 Å². The first-order chi connectivity index (χ1) is 11.7. The normalized spacial score (nSPS) is 15.0. The van der Waals surface area contributed by atoms with Crippen molar-refractivity contribution in [3.05, 3.63) is 65.5 Å². The number of halogens is 1. The van der Waals surface area contributed by atoms with Gasteiger partial charge in [0.25, 0.3) is 0 Å². The maximum atomic E-state index is 13.0. The first kappa shape index (κ1) is 16.5. The minimum Gasteiger partial charge on any atom is -0.493 e. The zero-order valence-electron chi connectivity index (χ0n) is 14.1. The van der Waals surface area contributed by atoms with Crippen LogP contribution in [0.5, 0.6) is 11.5 Å². The highest BCUT2D eigenvalue weighted by atomic mass is 19.1. The molecular weight excluding hydrogens is 305 g/mol. The van der Waals surface area contributed by atoms with Gasteiger partial charge < -0.3 is 9.47 Å². The zero-order valence-corrected chi connectivity index (χ0v) is 14.1. The second-order valence-electron chi connectivity index (χ2n) is 5.91. The van der Waals surface area contributed by atoms with Crippen molar-refractivity contribution < 1.29 is 13.9 Å². The molecule has 2 aromatic carbocycles. The Bertz CT molecular complexity index is 725. The van der Waals surface area contributed by atoms with Gasteiger partial charge in [-0.1, -0.05) is 24.3 Å². The van der Waals surface area contributed by atoms with Crippen molar-refractivity contribution in [1.29, 1.82) is 0 Å². The molecule has 0 aliphatic carbocycles. The smallest absolute Gasteiger partial charge is 0.161 e. The molecule has 0 N–H and O–H groups in total. The maximum absolute atomic E-state index is 13.0. The Morgan fingerprint density at radius 2 is 1.75 bits per heavy atom. The van der Waals surface area contributed by atoms with E-state index >= 15 is 0 Å². The van der Waals surface area contributed by atoms with Crippen LogP contribution in [0.1, 0.15) is 17.5 Å². The van der Waals surface area contributed by atoms with Crippen LogP contribution in [0.2, 0.25) is 0 Å². The highest BCUT2D eigenvalue weighted by Gasteiger charge is 2.14. The van der Waals surface area contributed by atoms with E-state index in [1.165, 1.54) is 23.3 Å². The molecule has 0 amide bonds. The Labute approximate surface area is 142 Å². The molecular formula is C20H22FNO2. The van der Waals surface area contributed by atoms with Crippen LogP contribution >= 0.6 is 0 Å². The lowest BCUT2D eigenvalue weighted by atomic mass is 9.99. The summed E-state index contributed by atoms with van der Waals surface area (Å²) in [6.45, 7) is 2.74. The molecule has 1 aliphatic heterocycles. The van der Waals surface area contributed by atoms with Gasteiger partial charge in [0.15, 0.2) is 11.5 Å². The van der Waals surface area contributed by atoms with E-state index in [0.717, 1.165) is 43.1 Å². The van der Waals surface area contributed by atoms with Crippen LogP contribution in [0.25, 0.3) is 5.57 Å². The fourth-order valence-corrected chi connectivity index (χ4v) is 3.02. The van der Waals surface area contributed by atoms with Gasteiger partial charge in [-0.15, -0.1) is 0 Å². The molecule has 0 fully saturated rings. The van der Waals surface area contributed by atoms with E-state index in [0.29, 0.717) is 0 Å². The van der Waals surface area contributed by atoms with E-state index < -0.39 is 0 Å². The number of rotatable bonds is 5. The zero-order chi connectivity index (χ0) is 16.9.